The largest absolute Gasteiger partial charge is 0.480 e. The summed E-state index contributed by atoms with van der Waals surface area (Å²) in [7, 11) is 0. The lowest BCUT2D eigenvalue weighted by Gasteiger charge is -2.36. The third-order valence-corrected chi connectivity index (χ3v) is 6.56. The number of nitrogens with zero attached hydrogens (tertiary/aromatic N) is 1. The fraction of sp³-hybridized carbons (Fsp3) is 0.423. The summed E-state index contributed by atoms with van der Waals surface area (Å²) in [5, 5.41) is 12.2. The fourth-order valence-electron chi connectivity index (χ4n) is 4.83. The Morgan fingerprint density at radius 1 is 1.09 bits per heavy atom. The Balaban J connectivity index is 1.47. The van der Waals surface area contributed by atoms with E-state index in [9.17, 15) is 19.5 Å². The predicted molar refractivity (Wildman–Crippen MR) is 125 cm³/mol. The van der Waals surface area contributed by atoms with Crippen LogP contribution in [-0.2, 0) is 19.1 Å². The maximum absolute atomic E-state index is 13.4. The number of amides is 2. The molecule has 2 aromatic rings. The Bertz CT molecular complexity index is 1070. The Kier molecular flexibility index (Phi) is 6.36. The summed E-state index contributed by atoms with van der Waals surface area (Å²) >= 11 is 0. The van der Waals surface area contributed by atoms with Crippen LogP contribution in [0.3, 0.4) is 0 Å². The zero-order chi connectivity index (χ0) is 24.6. The molecule has 0 bridgehead atoms. The van der Waals surface area contributed by atoms with Crippen molar-refractivity contribution >= 4 is 18.0 Å². The van der Waals surface area contributed by atoms with Crippen LogP contribution in [0.2, 0.25) is 0 Å². The molecule has 1 aliphatic carbocycles. The van der Waals surface area contributed by atoms with E-state index in [0.717, 1.165) is 22.3 Å². The van der Waals surface area contributed by atoms with Gasteiger partial charge in [-0.25, -0.2) is 9.59 Å². The molecule has 8 nitrogen and oxygen atoms in total. The van der Waals surface area contributed by atoms with Crippen LogP contribution in [0, 0.1) is 5.92 Å². The van der Waals surface area contributed by atoms with Gasteiger partial charge in [0, 0.05) is 5.92 Å². The van der Waals surface area contributed by atoms with E-state index >= 15 is 0 Å². The summed E-state index contributed by atoms with van der Waals surface area (Å²) in [5.41, 5.74) is 3.33. The molecule has 2 amide bonds. The summed E-state index contributed by atoms with van der Waals surface area (Å²) in [5.74, 6) is -2.06. The van der Waals surface area contributed by atoms with Gasteiger partial charge in [-0.05, 0) is 42.0 Å². The predicted octanol–water partition coefficient (Wildman–Crippen LogP) is 3.60. The second-order valence-electron chi connectivity index (χ2n) is 9.51. The topological polar surface area (TPSA) is 105 Å². The van der Waals surface area contributed by atoms with Crippen LogP contribution in [0.25, 0.3) is 11.1 Å². The molecule has 2 atom stereocenters. The first-order valence-corrected chi connectivity index (χ1v) is 11.4. The molecular formula is C26H30N2O6. The van der Waals surface area contributed by atoms with Crippen molar-refractivity contribution in [3.8, 4) is 11.1 Å². The average Bonchev–Trinajstić information content (AvgIpc) is 3.29. The zero-order valence-corrected chi connectivity index (χ0v) is 19.8. The van der Waals surface area contributed by atoms with Crippen LogP contribution >= 0.6 is 0 Å². The molecule has 34 heavy (non-hydrogen) atoms. The molecule has 8 heteroatoms. The minimum atomic E-state index is -1.15. The molecule has 2 N–H and O–H groups in total. The van der Waals surface area contributed by atoms with Crippen LogP contribution in [0.1, 0.15) is 44.7 Å². The molecule has 0 aromatic heterocycles. The normalized spacial score (nSPS) is 19.4. The molecule has 1 heterocycles. The van der Waals surface area contributed by atoms with Gasteiger partial charge >= 0.3 is 12.1 Å². The fourth-order valence-corrected chi connectivity index (χ4v) is 4.83. The number of ether oxygens (including phenoxy) is 2. The molecule has 0 saturated carbocycles. The lowest BCUT2D eigenvalue weighted by Crippen LogP contribution is -2.59. The summed E-state index contributed by atoms with van der Waals surface area (Å²) in [6, 6.07) is 14.0. The molecule has 1 unspecified atom stereocenters. The second kappa shape index (κ2) is 9.10. The number of aliphatic carboxylic acids is 1. The number of carboxylic acids is 1. The number of nitrogens with one attached hydrogen (secondary N) is 1. The molecule has 0 spiro atoms. The average molecular weight is 467 g/mol. The van der Waals surface area contributed by atoms with E-state index in [-0.39, 0.29) is 25.0 Å². The van der Waals surface area contributed by atoms with Gasteiger partial charge in [-0.2, -0.15) is 0 Å². The van der Waals surface area contributed by atoms with E-state index in [0.29, 0.717) is 0 Å². The van der Waals surface area contributed by atoms with Gasteiger partial charge in [0.25, 0.3) is 0 Å². The van der Waals surface area contributed by atoms with Gasteiger partial charge in [0.2, 0.25) is 5.91 Å². The molecular weight excluding hydrogens is 436 g/mol. The van der Waals surface area contributed by atoms with Crippen LogP contribution in [-0.4, -0.2) is 59.0 Å². The van der Waals surface area contributed by atoms with Crippen LogP contribution in [0.4, 0.5) is 4.79 Å². The Hall–Kier alpha value is -3.39. The van der Waals surface area contributed by atoms with Gasteiger partial charge in [0.1, 0.15) is 18.4 Å². The third kappa shape index (κ3) is 4.25. The summed E-state index contributed by atoms with van der Waals surface area (Å²) < 4.78 is 11.1. The zero-order valence-electron chi connectivity index (χ0n) is 19.8. The van der Waals surface area contributed by atoms with Gasteiger partial charge in [-0.1, -0.05) is 62.4 Å². The highest BCUT2D eigenvalue weighted by atomic mass is 16.6. The Labute approximate surface area is 198 Å². The van der Waals surface area contributed by atoms with Crippen molar-refractivity contribution in [2.24, 2.45) is 5.92 Å². The highest BCUT2D eigenvalue weighted by Gasteiger charge is 2.49. The summed E-state index contributed by atoms with van der Waals surface area (Å²) in [6.07, 6.45) is -0.723. The second-order valence-corrected chi connectivity index (χ2v) is 9.51. The standard InChI is InChI=1S/C26H30N2O6/c1-15(2)22(23(29)28-21(24(30)31)14-34-26(28,3)4)27-25(32)33-13-20-18-11-7-5-9-16(18)17-10-6-8-12-19(17)20/h5-12,15,20-22H,13-14H2,1-4H3,(H,27,32)(H,30,31)/t21?,22-/m1/s1. The SMILES string of the molecule is CC(C)[C@@H](NC(=O)OCC1c2ccccc2-c2ccccc21)C(=O)N1C(C(=O)O)COC1(C)C. The van der Waals surface area contributed by atoms with E-state index in [1.807, 2.05) is 36.4 Å². The number of benzene rings is 2. The van der Waals surface area contributed by atoms with Crippen molar-refractivity contribution in [3.05, 3.63) is 59.7 Å². The molecule has 4 rings (SSSR count). The van der Waals surface area contributed by atoms with Crippen molar-refractivity contribution in [3.63, 3.8) is 0 Å². The lowest BCUT2D eigenvalue weighted by molar-refractivity contribution is -0.157. The van der Waals surface area contributed by atoms with Crippen molar-refractivity contribution in [1.82, 2.24) is 10.2 Å². The minimum Gasteiger partial charge on any atom is -0.480 e. The van der Waals surface area contributed by atoms with Gasteiger partial charge < -0.3 is 19.9 Å². The number of hydrogen-bond donors (Lipinski definition) is 2. The number of carboxylic acid groups (broad SMARTS) is 1. The molecule has 180 valence electrons. The minimum absolute atomic E-state index is 0.103. The first-order chi connectivity index (χ1) is 16.1. The first kappa shape index (κ1) is 23.8. The molecule has 1 aliphatic heterocycles. The Morgan fingerprint density at radius 3 is 2.18 bits per heavy atom. The maximum atomic E-state index is 13.4. The van der Waals surface area contributed by atoms with Crippen molar-refractivity contribution in [1.29, 1.82) is 0 Å². The van der Waals surface area contributed by atoms with E-state index in [4.69, 9.17) is 9.47 Å². The highest BCUT2D eigenvalue weighted by Crippen LogP contribution is 2.44. The van der Waals surface area contributed by atoms with E-state index in [1.54, 1.807) is 27.7 Å². The first-order valence-electron chi connectivity index (χ1n) is 11.4. The Morgan fingerprint density at radius 2 is 1.65 bits per heavy atom. The number of alkyl carbamates (subject to hydrolysis) is 1. The van der Waals surface area contributed by atoms with Crippen LogP contribution in [0.5, 0.6) is 0 Å². The number of fused-ring (bicyclic) bond motifs is 3. The quantitative estimate of drug-likeness (QED) is 0.674. The number of carbonyl (C=O) groups is 3. The van der Waals surface area contributed by atoms with E-state index in [2.05, 4.69) is 17.4 Å². The molecule has 0 radical (unpaired) electrons. The maximum Gasteiger partial charge on any atom is 0.407 e. The molecule has 2 aromatic carbocycles. The van der Waals surface area contributed by atoms with E-state index < -0.39 is 35.8 Å². The van der Waals surface area contributed by atoms with Gasteiger partial charge in [0.05, 0.1) is 6.61 Å². The summed E-state index contributed by atoms with van der Waals surface area (Å²) in [4.78, 5) is 39.0. The number of hydrogen-bond acceptors (Lipinski definition) is 5. The lowest BCUT2D eigenvalue weighted by atomic mass is 9.98. The van der Waals surface area contributed by atoms with E-state index in [1.165, 1.54) is 4.90 Å². The monoisotopic (exact) mass is 466 g/mol. The number of carbonyl (C=O) groups excluding carboxylic acids is 2. The van der Waals surface area contributed by atoms with Gasteiger partial charge in [0.15, 0.2) is 6.04 Å². The van der Waals surface area contributed by atoms with Gasteiger partial charge in [-0.3, -0.25) is 9.69 Å². The third-order valence-electron chi connectivity index (χ3n) is 6.56. The number of rotatable bonds is 6. The van der Waals surface area contributed by atoms with Gasteiger partial charge in [-0.15, -0.1) is 0 Å². The van der Waals surface area contributed by atoms with Crippen molar-refractivity contribution < 1.29 is 29.0 Å². The van der Waals surface area contributed by atoms with Crippen LogP contribution < -0.4 is 5.32 Å². The smallest absolute Gasteiger partial charge is 0.407 e. The van der Waals surface area contributed by atoms with Crippen molar-refractivity contribution in [2.45, 2.75) is 51.4 Å². The van der Waals surface area contributed by atoms with Crippen LogP contribution in [0.15, 0.2) is 48.5 Å². The molecule has 1 fully saturated rings. The molecule has 1 saturated heterocycles. The molecule has 2 aliphatic rings. The van der Waals surface area contributed by atoms with Crippen molar-refractivity contribution in [2.75, 3.05) is 13.2 Å². The summed E-state index contributed by atoms with van der Waals surface area (Å²) in [6.45, 7) is 6.86. The highest BCUT2D eigenvalue weighted by molar-refractivity contribution is 5.90.